The molecule has 0 atom stereocenters. The lowest BCUT2D eigenvalue weighted by molar-refractivity contribution is -0.141. The van der Waals surface area contributed by atoms with E-state index in [1.165, 1.54) is 25.7 Å². The molecule has 0 unspecified atom stereocenters. The summed E-state index contributed by atoms with van der Waals surface area (Å²) in [7, 11) is 0. The molecule has 0 aromatic rings. The van der Waals surface area contributed by atoms with Crippen LogP contribution in [0.2, 0.25) is 0 Å². The largest absolute Gasteiger partial charge is 0.481 e. The number of aliphatic carboxylic acids is 1. The summed E-state index contributed by atoms with van der Waals surface area (Å²) in [5, 5.41) is 8.75. The van der Waals surface area contributed by atoms with Gasteiger partial charge in [-0.25, -0.2) is 0 Å². The molecule has 0 bridgehead atoms. The van der Waals surface area contributed by atoms with Crippen molar-refractivity contribution in [1.29, 1.82) is 0 Å². The Hall–Kier alpha value is -0.530. The number of rotatable bonds is 4. The van der Waals surface area contributed by atoms with Crippen LogP contribution in [0, 0.1) is 11.3 Å². The number of carboxylic acid groups (broad SMARTS) is 1. The summed E-state index contributed by atoms with van der Waals surface area (Å²) in [4.78, 5) is 10.6. The highest BCUT2D eigenvalue weighted by Crippen LogP contribution is 2.53. The van der Waals surface area contributed by atoms with Gasteiger partial charge in [0, 0.05) is 0 Å². The van der Waals surface area contributed by atoms with Crippen molar-refractivity contribution in [2.75, 3.05) is 0 Å². The van der Waals surface area contributed by atoms with Gasteiger partial charge >= 0.3 is 5.97 Å². The molecule has 2 nitrogen and oxygen atoms in total. The van der Waals surface area contributed by atoms with E-state index in [2.05, 4.69) is 0 Å². The van der Waals surface area contributed by atoms with Crippen molar-refractivity contribution in [3.8, 4) is 0 Å². The standard InChI is InChI=1S/C10H16O2/c11-9(12)7-10(4-1-5-10)6-8-2-3-8/h8H,1-7H2,(H,11,12). The molecule has 0 aromatic carbocycles. The van der Waals surface area contributed by atoms with Crippen molar-refractivity contribution in [3.05, 3.63) is 0 Å². The van der Waals surface area contributed by atoms with Gasteiger partial charge in [-0.1, -0.05) is 19.3 Å². The van der Waals surface area contributed by atoms with Crippen LogP contribution in [0.15, 0.2) is 0 Å². The molecule has 0 amide bonds. The van der Waals surface area contributed by atoms with Crippen molar-refractivity contribution in [3.63, 3.8) is 0 Å². The molecule has 2 aliphatic carbocycles. The van der Waals surface area contributed by atoms with E-state index in [0.717, 1.165) is 18.8 Å². The SMILES string of the molecule is O=C(O)CC1(CC2CC2)CCC1. The Morgan fingerprint density at radius 1 is 1.42 bits per heavy atom. The van der Waals surface area contributed by atoms with E-state index in [4.69, 9.17) is 5.11 Å². The van der Waals surface area contributed by atoms with Crippen LogP contribution in [0.5, 0.6) is 0 Å². The van der Waals surface area contributed by atoms with E-state index in [1.54, 1.807) is 0 Å². The first-order valence-corrected chi connectivity index (χ1v) is 4.92. The Labute approximate surface area is 73.0 Å². The van der Waals surface area contributed by atoms with Crippen molar-refractivity contribution in [2.45, 2.75) is 44.9 Å². The summed E-state index contributed by atoms with van der Waals surface area (Å²) < 4.78 is 0. The predicted octanol–water partition coefficient (Wildman–Crippen LogP) is 2.43. The van der Waals surface area contributed by atoms with E-state index < -0.39 is 5.97 Å². The molecule has 0 saturated heterocycles. The number of carbonyl (C=O) groups is 1. The minimum absolute atomic E-state index is 0.229. The fourth-order valence-electron chi connectivity index (χ4n) is 2.38. The maximum Gasteiger partial charge on any atom is 0.303 e. The Balaban J connectivity index is 1.88. The number of hydrogen-bond acceptors (Lipinski definition) is 1. The molecule has 2 rings (SSSR count). The third-order valence-electron chi connectivity index (χ3n) is 3.36. The lowest BCUT2D eigenvalue weighted by Crippen LogP contribution is -2.32. The molecule has 68 valence electrons. The molecular formula is C10H16O2. The second kappa shape index (κ2) is 2.75. The van der Waals surface area contributed by atoms with Gasteiger partial charge in [0.2, 0.25) is 0 Å². The zero-order chi connectivity index (χ0) is 8.60. The summed E-state index contributed by atoms with van der Waals surface area (Å²) in [6.07, 6.45) is 7.89. The molecule has 2 aliphatic rings. The van der Waals surface area contributed by atoms with Crippen LogP contribution in [-0.4, -0.2) is 11.1 Å². The maximum absolute atomic E-state index is 10.6. The molecule has 0 radical (unpaired) electrons. The third kappa shape index (κ3) is 1.62. The van der Waals surface area contributed by atoms with Gasteiger partial charge in [0.25, 0.3) is 0 Å². The van der Waals surface area contributed by atoms with Crippen LogP contribution in [0.4, 0.5) is 0 Å². The predicted molar refractivity (Wildman–Crippen MR) is 45.9 cm³/mol. The molecule has 0 spiro atoms. The number of carboxylic acids is 1. The number of hydrogen-bond donors (Lipinski definition) is 1. The van der Waals surface area contributed by atoms with Crippen molar-refractivity contribution in [2.24, 2.45) is 11.3 Å². The normalized spacial score (nSPS) is 26.3. The minimum atomic E-state index is -0.602. The van der Waals surface area contributed by atoms with Gasteiger partial charge in [-0.3, -0.25) is 4.79 Å². The Morgan fingerprint density at radius 3 is 2.42 bits per heavy atom. The molecule has 0 aromatic heterocycles. The van der Waals surface area contributed by atoms with Gasteiger partial charge in [0.15, 0.2) is 0 Å². The monoisotopic (exact) mass is 168 g/mol. The molecule has 2 saturated carbocycles. The van der Waals surface area contributed by atoms with E-state index in [1.807, 2.05) is 0 Å². The molecule has 2 fully saturated rings. The highest BCUT2D eigenvalue weighted by atomic mass is 16.4. The molecule has 0 aliphatic heterocycles. The molecule has 0 heterocycles. The lowest BCUT2D eigenvalue weighted by Gasteiger charge is -2.41. The van der Waals surface area contributed by atoms with Crippen molar-refractivity contribution < 1.29 is 9.90 Å². The van der Waals surface area contributed by atoms with Crippen LogP contribution in [0.1, 0.15) is 44.9 Å². The van der Waals surface area contributed by atoms with Crippen LogP contribution >= 0.6 is 0 Å². The van der Waals surface area contributed by atoms with Gasteiger partial charge < -0.3 is 5.11 Å². The third-order valence-corrected chi connectivity index (χ3v) is 3.36. The van der Waals surface area contributed by atoms with E-state index in [0.29, 0.717) is 6.42 Å². The maximum atomic E-state index is 10.6. The van der Waals surface area contributed by atoms with Gasteiger partial charge in [0.1, 0.15) is 0 Å². The topological polar surface area (TPSA) is 37.3 Å². The zero-order valence-electron chi connectivity index (χ0n) is 7.38. The first-order valence-electron chi connectivity index (χ1n) is 4.92. The second-order valence-electron chi connectivity index (χ2n) is 4.57. The Bertz CT molecular complexity index is 190. The Morgan fingerprint density at radius 2 is 2.08 bits per heavy atom. The second-order valence-corrected chi connectivity index (χ2v) is 4.57. The molecular weight excluding hydrogens is 152 g/mol. The smallest absolute Gasteiger partial charge is 0.303 e. The summed E-state index contributed by atoms with van der Waals surface area (Å²) in [5.41, 5.74) is 0.229. The van der Waals surface area contributed by atoms with Gasteiger partial charge in [0.05, 0.1) is 6.42 Å². The minimum Gasteiger partial charge on any atom is -0.481 e. The van der Waals surface area contributed by atoms with Crippen LogP contribution in [-0.2, 0) is 4.79 Å². The van der Waals surface area contributed by atoms with Crippen molar-refractivity contribution in [1.82, 2.24) is 0 Å². The van der Waals surface area contributed by atoms with Crippen LogP contribution < -0.4 is 0 Å². The van der Waals surface area contributed by atoms with Gasteiger partial charge in [-0.2, -0.15) is 0 Å². The average Bonchev–Trinajstić information content (AvgIpc) is 2.65. The van der Waals surface area contributed by atoms with Gasteiger partial charge in [-0.05, 0) is 30.6 Å². The highest BCUT2D eigenvalue weighted by Gasteiger charge is 2.42. The summed E-state index contributed by atoms with van der Waals surface area (Å²) in [6.45, 7) is 0. The fourth-order valence-corrected chi connectivity index (χ4v) is 2.38. The van der Waals surface area contributed by atoms with Gasteiger partial charge in [-0.15, -0.1) is 0 Å². The van der Waals surface area contributed by atoms with Crippen LogP contribution in [0.25, 0.3) is 0 Å². The first-order chi connectivity index (χ1) is 5.70. The Kier molecular flexibility index (Phi) is 1.85. The van der Waals surface area contributed by atoms with E-state index >= 15 is 0 Å². The van der Waals surface area contributed by atoms with Crippen LogP contribution in [0.3, 0.4) is 0 Å². The molecule has 2 heteroatoms. The molecule has 1 N–H and O–H groups in total. The fraction of sp³-hybridized carbons (Fsp3) is 0.900. The lowest BCUT2D eigenvalue weighted by atomic mass is 9.64. The highest BCUT2D eigenvalue weighted by molar-refractivity contribution is 5.67. The average molecular weight is 168 g/mol. The first kappa shape index (κ1) is 8.09. The summed E-state index contributed by atoms with van der Waals surface area (Å²) >= 11 is 0. The zero-order valence-corrected chi connectivity index (χ0v) is 7.38. The summed E-state index contributed by atoms with van der Waals surface area (Å²) in [6, 6.07) is 0. The quantitative estimate of drug-likeness (QED) is 0.700. The van der Waals surface area contributed by atoms with E-state index in [-0.39, 0.29) is 5.41 Å². The van der Waals surface area contributed by atoms with Crippen molar-refractivity contribution >= 4 is 5.97 Å². The molecule has 12 heavy (non-hydrogen) atoms. The van der Waals surface area contributed by atoms with E-state index in [9.17, 15) is 4.79 Å². The summed E-state index contributed by atoms with van der Waals surface area (Å²) in [5.74, 6) is 0.278.